The van der Waals surface area contributed by atoms with Crippen LogP contribution >= 0.6 is 22.9 Å². The molecule has 0 fully saturated rings. The van der Waals surface area contributed by atoms with Crippen LogP contribution in [0.25, 0.3) is 21.2 Å². The highest BCUT2D eigenvalue weighted by atomic mass is 35.5. The van der Waals surface area contributed by atoms with Crippen LogP contribution in [0.3, 0.4) is 0 Å². The van der Waals surface area contributed by atoms with E-state index in [-0.39, 0.29) is 35.4 Å². The van der Waals surface area contributed by atoms with Gasteiger partial charge < -0.3 is 9.15 Å². The average molecular weight is 403 g/mol. The number of carbonyl (C=O) groups excluding carboxylic acids is 1. The van der Waals surface area contributed by atoms with Gasteiger partial charge in [-0.25, -0.2) is 9.78 Å². The predicted molar refractivity (Wildman–Crippen MR) is 105 cm³/mol. The van der Waals surface area contributed by atoms with Gasteiger partial charge in [0.05, 0.1) is 18.2 Å². The first-order valence-corrected chi connectivity index (χ1v) is 9.52. The highest BCUT2D eigenvalue weighted by Gasteiger charge is 2.24. The van der Waals surface area contributed by atoms with Gasteiger partial charge >= 0.3 is 5.97 Å². The van der Waals surface area contributed by atoms with E-state index in [1.807, 2.05) is 24.3 Å². The van der Waals surface area contributed by atoms with E-state index in [4.69, 9.17) is 20.8 Å². The number of carbonyl (C=O) groups is 1. The second-order valence-corrected chi connectivity index (χ2v) is 7.46. The quantitative estimate of drug-likeness (QED) is 0.473. The Morgan fingerprint density at radius 2 is 2.15 bits per heavy atom. The van der Waals surface area contributed by atoms with Crippen LogP contribution in [-0.4, -0.2) is 22.1 Å². The largest absolute Gasteiger partial charge is 0.462 e. The normalized spacial score (nSPS) is 11.4. The number of hydrogen-bond donors (Lipinski definition) is 0. The topological polar surface area (TPSA) is 74.3 Å². The number of aryl methyl sites for hydroxylation is 1. The molecule has 0 aliphatic heterocycles. The molecular formula is C19H15ClN2O4S. The van der Waals surface area contributed by atoms with Gasteiger partial charge in [-0.1, -0.05) is 29.8 Å². The molecule has 0 spiro atoms. The number of hydrogen-bond acceptors (Lipinski definition) is 6. The Morgan fingerprint density at radius 3 is 2.89 bits per heavy atom. The van der Waals surface area contributed by atoms with Crippen LogP contribution < -0.4 is 5.56 Å². The summed E-state index contributed by atoms with van der Waals surface area (Å²) in [6, 6.07) is 7.79. The van der Waals surface area contributed by atoms with Crippen LogP contribution in [0.5, 0.6) is 0 Å². The van der Waals surface area contributed by atoms with Gasteiger partial charge in [0.25, 0.3) is 5.56 Å². The molecule has 6 nitrogen and oxygen atoms in total. The summed E-state index contributed by atoms with van der Waals surface area (Å²) in [6.45, 7) is 3.78. The maximum atomic E-state index is 13.0. The summed E-state index contributed by atoms with van der Waals surface area (Å²) in [5.74, 6) is -0.281. The first kappa shape index (κ1) is 17.8. The van der Waals surface area contributed by atoms with Crippen LogP contribution in [0, 0.1) is 6.92 Å². The molecule has 27 heavy (non-hydrogen) atoms. The molecule has 0 aliphatic rings. The number of furan rings is 1. The van der Waals surface area contributed by atoms with Crippen LogP contribution in [-0.2, 0) is 11.3 Å². The molecule has 4 rings (SSSR count). The van der Waals surface area contributed by atoms with Crippen LogP contribution in [0.1, 0.15) is 27.9 Å². The Bertz CT molecular complexity index is 1240. The van der Waals surface area contributed by atoms with Gasteiger partial charge in [0, 0.05) is 15.0 Å². The minimum Gasteiger partial charge on any atom is -0.462 e. The first-order chi connectivity index (χ1) is 13.0. The molecule has 0 amide bonds. The van der Waals surface area contributed by atoms with Gasteiger partial charge in [-0.05, 0) is 19.9 Å². The monoisotopic (exact) mass is 402 g/mol. The van der Waals surface area contributed by atoms with E-state index in [1.54, 1.807) is 13.8 Å². The van der Waals surface area contributed by atoms with Crippen molar-refractivity contribution in [2.45, 2.75) is 20.4 Å². The molecule has 0 atom stereocenters. The molecule has 4 aromatic rings. The summed E-state index contributed by atoms with van der Waals surface area (Å²) in [5.41, 5.74) is -0.117. The number of aromatic nitrogens is 2. The Hall–Kier alpha value is -2.64. The van der Waals surface area contributed by atoms with Crippen LogP contribution in [0.2, 0.25) is 5.02 Å². The molecular weight excluding hydrogens is 388 g/mol. The van der Waals surface area contributed by atoms with Crippen molar-refractivity contribution in [1.82, 2.24) is 9.55 Å². The fourth-order valence-corrected chi connectivity index (χ4v) is 4.51. The smallest absolute Gasteiger partial charge is 0.342 e. The van der Waals surface area contributed by atoms with Crippen molar-refractivity contribution in [2.24, 2.45) is 0 Å². The summed E-state index contributed by atoms with van der Waals surface area (Å²) in [7, 11) is 0. The Morgan fingerprint density at radius 1 is 1.37 bits per heavy atom. The minimum atomic E-state index is -0.592. The number of halogens is 1. The zero-order chi connectivity index (χ0) is 19.1. The number of rotatable bonds is 4. The summed E-state index contributed by atoms with van der Waals surface area (Å²) in [5, 5.41) is 1.70. The molecule has 0 aliphatic carbocycles. The second-order valence-electron chi connectivity index (χ2n) is 5.95. The molecule has 138 valence electrons. The van der Waals surface area contributed by atoms with E-state index in [9.17, 15) is 9.59 Å². The van der Waals surface area contributed by atoms with Crippen molar-refractivity contribution >= 4 is 50.1 Å². The van der Waals surface area contributed by atoms with E-state index in [2.05, 4.69) is 4.98 Å². The summed E-state index contributed by atoms with van der Waals surface area (Å²) < 4.78 is 13.0. The number of nitrogens with zero attached hydrogens (tertiary/aromatic N) is 2. The van der Waals surface area contributed by atoms with Gasteiger partial charge in [0.1, 0.15) is 23.0 Å². The number of benzene rings is 1. The number of ether oxygens (including phenoxy) is 1. The number of fused-ring (bicyclic) bond motifs is 2. The van der Waals surface area contributed by atoms with Crippen LogP contribution in [0.4, 0.5) is 0 Å². The average Bonchev–Trinajstić information content (AvgIpc) is 3.15. The SMILES string of the molecule is CCOC(=O)c1c(C)oc2ncn(Cc3sc4ccccc4c3Cl)c(=O)c12. The maximum absolute atomic E-state index is 13.0. The lowest BCUT2D eigenvalue weighted by Crippen LogP contribution is -2.22. The number of esters is 1. The van der Waals surface area contributed by atoms with Crippen molar-refractivity contribution in [2.75, 3.05) is 6.61 Å². The number of thiophene rings is 1. The summed E-state index contributed by atoms with van der Waals surface area (Å²) >= 11 is 8.01. The third-order valence-electron chi connectivity index (χ3n) is 4.25. The lowest BCUT2D eigenvalue weighted by atomic mass is 10.2. The molecule has 0 saturated carbocycles. The second kappa shape index (κ2) is 6.83. The van der Waals surface area contributed by atoms with Gasteiger partial charge in [-0.3, -0.25) is 9.36 Å². The van der Waals surface area contributed by atoms with Crippen molar-refractivity contribution in [3.63, 3.8) is 0 Å². The molecule has 0 N–H and O–H groups in total. The fourth-order valence-electron chi connectivity index (χ4n) is 3.02. The van der Waals surface area contributed by atoms with Gasteiger partial charge in [0.2, 0.25) is 5.71 Å². The molecule has 0 radical (unpaired) electrons. The van der Waals surface area contributed by atoms with E-state index >= 15 is 0 Å². The fraction of sp³-hybridized carbons (Fsp3) is 0.211. The Labute approximate surface area is 163 Å². The maximum Gasteiger partial charge on any atom is 0.342 e. The van der Waals surface area contributed by atoms with E-state index < -0.39 is 5.97 Å². The summed E-state index contributed by atoms with van der Waals surface area (Å²) in [4.78, 5) is 30.3. The van der Waals surface area contributed by atoms with E-state index in [0.29, 0.717) is 10.8 Å². The van der Waals surface area contributed by atoms with Crippen LogP contribution in [0.15, 0.2) is 39.8 Å². The molecule has 8 heteroatoms. The van der Waals surface area contributed by atoms with Crippen molar-refractivity contribution in [1.29, 1.82) is 0 Å². The van der Waals surface area contributed by atoms with Gasteiger partial charge in [-0.15, -0.1) is 11.3 Å². The zero-order valence-electron chi connectivity index (χ0n) is 14.6. The van der Waals surface area contributed by atoms with Crippen molar-refractivity contribution in [3.05, 3.63) is 62.2 Å². The molecule has 0 bridgehead atoms. The predicted octanol–water partition coefficient (Wildman–Crippen LogP) is 4.39. The van der Waals surface area contributed by atoms with Gasteiger partial charge in [0.15, 0.2) is 0 Å². The van der Waals surface area contributed by atoms with Crippen molar-refractivity contribution in [3.8, 4) is 0 Å². The lowest BCUT2D eigenvalue weighted by molar-refractivity contribution is 0.0526. The Kier molecular flexibility index (Phi) is 4.49. The third kappa shape index (κ3) is 2.93. The third-order valence-corrected chi connectivity index (χ3v) is 5.95. The standard InChI is InChI=1S/C19H15ClN2O4S/c1-3-25-19(24)14-10(2)26-17-15(14)18(23)22(9-21-17)8-13-16(20)11-6-4-5-7-12(11)27-13/h4-7,9H,3,8H2,1-2H3. The molecule has 0 saturated heterocycles. The molecule has 0 unspecified atom stereocenters. The highest BCUT2D eigenvalue weighted by molar-refractivity contribution is 7.19. The van der Waals surface area contributed by atoms with Gasteiger partial charge in [-0.2, -0.15) is 0 Å². The van der Waals surface area contributed by atoms with Crippen molar-refractivity contribution < 1.29 is 13.9 Å². The minimum absolute atomic E-state index is 0.124. The summed E-state index contributed by atoms with van der Waals surface area (Å²) in [6.07, 6.45) is 1.41. The molecule has 1 aromatic carbocycles. The zero-order valence-corrected chi connectivity index (χ0v) is 16.2. The van der Waals surface area contributed by atoms with E-state index in [1.165, 1.54) is 22.2 Å². The Balaban J connectivity index is 1.84. The molecule has 3 aromatic heterocycles. The lowest BCUT2D eigenvalue weighted by Gasteiger charge is -2.04. The molecule has 3 heterocycles. The van der Waals surface area contributed by atoms with E-state index in [0.717, 1.165) is 15.0 Å². The first-order valence-electron chi connectivity index (χ1n) is 8.32. The highest BCUT2D eigenvalue weighted by Crippen LogP contribution is 2.35.